The van der Waals surface area contributed by atoms with E-state index in [-0.39, 0.29) is 39.8 Å². The van der Waals surface area contributed by atoms with Gasteiger partial charge in [0.15, 0.2) is 5.78 Å². The van der Waals surface area contributed by atoms with Gasteiger partial charge in [-0.05, 0) is 170 Å². The van der Waals surface area contributed by atoms with E-state index in [0.29, 0.717) is 94.3 Å². The Hall–Kier alpha value is -9.71. The van der Waals surface area contributed by atoms with Crippen molar-refractivity contribution in [2.24, 2.45) is 0 Å². The molecular formula is C59H36F2N4O9. The van der Waals surface area contributed by atoms with Gasteiger partial charge < -0.3 is 37.9 Å². The van der Waals surface area contributed by atoms with Crippen molar-refractivity contribution in [1.82, 2.24) is 0 Å². The molecule has 0 saturated carbocycles. The van der Waals surface area contributed by atoms with E-state index < -0.39 is 23.2 Å². The first-order valence-electron chi connectivity index (χ1n) is 22.8. The van der Waals surface area contributed by atoms with E-state index >= 15 is 0 Å². The Labute approximate surface area is 422 Å². The van der Waals surface area contributed by atoms with Gasteiger partial charge in [-0.3, -0.25) is 4.79 Å². The largest absolute Gasteiger partial charge is 0.468 e. The molecule has 2 aliphatic heterocycles. The molecule has 0 N–H and O–H groups in total. The fourth-order valence-electron chi connectivity index (χ4n) is 8.43. The van der Waals surface area contributed by atoms with E-state index in [1.54, 1.807) is 127 Å². The number of halogens is 2. The minimum absolute atomic E-state index is 0.0402. The summed E-state index contributed by atoms with van der Waals surface area (Å²) in [5, 5.41) is 18.7. The van der Waals surface area contributed by atoms with Gasteiger partial charge in [0.25, 0.3) is 0 Å². The van der Waals surface area contributed by atoms with Crippen molar-refractivity contribution in [3.63, 3.8) is 0 Å². The number of benzene rings is 8. The van der Waals surface area contributed by atoms with Crippen LogP contribution in [0.15, 0.2) is 170 Å². The van der Waals surface area contributed by atoms with Crippen LogP contribution in [0, 0.1) is 47.4 Å². The molecule has 0 radical (unpaired) electrons. The number of nitrogens with zero attached hydrogens (tertiary/aromatic N) is 4. The molecule has 0 spiro atoms. The van der Waals surface area contributed by atoms with Gasteiger partial charge in [-0.2, -0.15) is 10.5 Å². The van der Waals surface area contributed by atoms with Crippen LogP contribution in [-0.2, 0) is 30.5 Å². The van der Waals surface area contributed by atoms with Crippen molar-refractivity contribution < 1.29 is 51.5 Å². The number of ether oxygens (including phenoxy) is 8. The fraction of sp³-hybridized carbons (Fsp3) is 0.102. The molecule has 8 aromatic carbocycles. The summed E-state index contributed by atoms with van der Waals surface area (Å²) in [6.07, 6.45) is 0. The molecule has 2 aliphatic rings. The number of carbonyl (C=O) groups is 1. The third-order valence-electron chi connectivity index (χ3n) is 12.1. The van der Waals surface area contributed by atoms with Gasteiger partial charge in [-0.25, -0.2) is 18.5 Å². The van der Waals surface area contributed by atoms with Crippen LogP contribution in [0.25, 0.3) is 9.69 Å². The molecule has 15 heteroatoms. The third kappa shape index (κ3) is 9.58. The summed E-state index contributed by atoms with van der Waals surface area (Å²) in [4.78, 5) is 20.0. The second-order valence-electron chi connectivity index (χ2n) is 16.6. The lowest BCUT2D eigenvalue weighted by Crippen LogP contribution is -2.28. The first-order chi connectivity index (χ1) is 36.1. The van der Waals surface area contributed by atoms with Crippen LogP contribution in [-0.4, -0.2) is 32.2 Å². The van der Waals surface area contributed by atoms with Crippen molar-refractivity contribution in [2.45, 2.75) is 11.6 Å². The predicted octanol–water partition coefficient (Wildman–Crippen LogP) is 13.7. The monoisotopic (exact) mass is 982 g/mol. The predicted molar refractivity (Wildman–Crippen MR) is 263 cm³/mol. The van der Waals surface area contributed by atoms with Crippen LogP contribution in [0.3, 0.4) is 0 Å². The van der Waals surface area contributed by atoms with Crippen molar-refractivity contribution in [3.05, 3.63) is 249 Å². The second kappa shape index (κ2) is 20.6. The number of carbonyl (C=O) groups excluding carboxylic acids is 1. The van der Waals surface area contributed by atoms with Gasteiger partial charge in [0, 0.05) is 33.4 Å². The van der Waals surface area contributed by atoms with Crippen LogP contribution in [0.5, 0.6) is 46.0 Å². The van der Waals surface area contributed by atoms with Crippen molar-refractivity contribution in [2.75, 3.05) is 26.4 Å². The summed E-state index contributed by atoms with van der Waals surface area (Å²) in [6, 6.07) is 49.9. The quantitative estimate of drug-likeness (QED) is 0.0757. The number of hydrogen-bond donors (Lipinski definition) is 0. The highest BCUT2D eigenvalue weighted by Crippen LogP contribution is 2.43. The summed E-state index contributed by atoms with van der Waals surface area (Å²) in [5.74, 6) is -1.25. The standard InChI is InChI=1S/C59H36F2N4O9/c1-64-53-34-55(40(36-63)31-52(53)61)73-49-23-11-43(12-24-49)58(67-27-28-68-58)41-7-19-47(20-8-41)71-45-15-3-37(4-16-45)57(66)38-5-17-46(18-6-38)72-48-21-9-42(10-22-48)59(69-29-30-70-59)44-13-25-50(26-14-44)74-56-32-39(35-62)51(60)33-54(56)65-2/h3-26,31-34H,27-30H2. The maximum Gasteiger partial charge on any atom is 0.231 e. The summed E-state index contributed by atoms with van der Waals surface area (Å²) in [5.41, 5.74) is 3.13. The van der Waals surface area contributed by atoms with E-state index in [1.807, 2.05) is 30.3 Å². The van der Waals surface area contributed by atoms with Crippen LogP contribution >= 0.6 is 0 Å². The Balaban J connectivity index is 0.749. The van der Waals surface area contributed by atoms with Crippen molar-refractivity contribution in [3.8, 4) is 58.1 Å². The molecule has 0 atom stereocenters. The molecular weight excluding hydrogens is 947 g/mol. The summed E-state index contributed by atoms with van der Waals surface area (Å²) >= 11 is 0. The maximum atomic E-state index is 14.1. The fourth-order valence-corrected chi connectivity index (χ4v) is 8.43. The molecule has 360 valence electrons. The van der Waals surface area contributed by atoms with Crippen molar-refractivity contribution in [1.29, 1.82) is 10.5 Å². The van der Waals surface area contributed by atoms with E-state index in [1.165, 1.54) is 12.1 Å². The molecule has 0 aliphatic carbocycles. The van der Waals surface area contributed by atoms with Gasteiger partial charge in [0.05, 0.1) is 50.7 Å². The number of rotatable bonds is 14. The molecule has 0 bridgehead atoms. The Morgan fingerprint density at radius 2 is 0.797 bits per heavy atom. The Kier molecular flexibility index (Phi) is 13.3. The van der Waals surface area contributed by atoms with Gasteiger partial charge >= 0.3 is 0 Å². The molecule has 8 aromatic rings. The molecule has 0 aromatic heterocycles. The molecule has 74 heavy (non-hydrogen) atoms. The lowest BCUT2D eigenvalue weighted by Gasteiger charge is -2.28. The summed E-state index contributed by atoms with van der Waals surface area (Å²) < 4.78 is 76.9. The first kappa shape index (κ1) is 47.9. The molecule has 2 heterocycles. The van der Waals surface area contributed by atoms with Gasteiger partial charge in [-0.15, -0.1) is 0 Å². The molecule has 0 amide bonds. The minimum Gasteiger partial charge on any atom is -0.468 e. The normalized spacial score (nSPS) is 14.1. The lowest BCUT2D eigenvalue weighted by atomic mass is 9.97. The van der Waals surface area contributed by atoms with Crippen LogP contribution < -0.4 is 18.9 Å². The Morgan fingerprint density at radius 3 is 1.16 bits per heavy atom. The third-order valence-corrected chi connectivity index (χ3v) is 12.1. The van der Waals surface area contributed by atoms with Gasteiger partial charge in [0.2, 0.25) is 22.9 Å². The summed E-state index contributed by atoms with van der Waals surface area (Å²) in [7, 11) is 0. The van der Waals surface area contributed by atoms with E-state index in [9.17, 15) is 24.1 Å². The minimum atomic E-state index is -1.21. The van der Waals surface area contributed by atoms with Gasteiger partial charge in [0.1, 0.15) is 69.8 Å². The maximum absolute atomic E-state index is 14.1. The van der Waals surface area contributed by atoms with Crippen molar-refractivity contribution >= 4 is 17.2 Å². The van der Waals surface area contributed by atoms with E-state index in [2.05, 4.69) is 9.69 Å². The zero-order valence-electron chi connectivity index (χ0n) is 38.7. The Bertz CT molecular complexity index is 3330. The SMILES string of the molecule is [C-]#[N+]c1cc(Oc2ccc(C3(c4ccc(Oc5ccc(C(=O)c6ccc(Oc7ccc(C8(c9ccc(Oc%10cc(C#N)c(F)cc%10[N+]#[C-])cc9)OCCO8)cc7)cc6)cc5)cc4)OCCO3)cc2)c(C#N)cc1F. The smallest absolute Gasteiger partial charge is 0.231 e. The highest BCUT2D eigenvalue weighted by atomic mass is 19.1. The van der Waals surface area contributed by atoms with Crippen LogP contribution in [0.2, 0.25) is 0 Å². The highest BCUT2D eigenvalue weighted by molar-refractivity contribution is 6.09. The zero-order valence-corrected chi connectivity index (χ0v) is 38.7. The molecule has 2 saturated heterocycles. The average molecular weight is 983 g/mol. The zero-order chi connectivity index (χ0) is 51.2. The van der Waals surface area contributed by atoms with Crippen LogP contribution in [0.4, 0.5) is 20.2 Å². The van der Waals surface area contributed by atoms with E-state index in [4.69, 9.17) is 51.0 Å². The second-order valence-corrected chi connectivity index (χ2v) is 16.6. The molecule has 2 fully saturated rings. The van der Waals surface area contributed by atoms with Crippen LogP contribution in [0.1, 0.15) is 49.3 Å². The number of nitriles is 2. The number of hydrogen-bond acceptors (Lipinski definition) is 11. The molecule has 10 rings (SSSR count). The first-order valence-corrected chi connectivity index (χ1v) is 22.8. The highest BCUT2D eigenvalue weighted by Gasteiger charge is 2.42. The summed E-state index contributed by atoms with van der Waals surface area (Å²) in [6.45, 7) is 16.0. The Morgan fingerprint density at radius 1 is 0.446 bits per heavy atom. The number of ketones is 1. The average Bonchev–Trinajstić information content (AvgIpc) is 4.16. The van der Waals surface area contributed by atoms with Gasteiger partial charge in [-0.1, -0.05) is 0 Å². The lowest BCUT2D eigenvalue weighted by molar-refractivity contribution is -0.130. The molecule has 13 nitrogen and oxygen atoms in total. The topological polar surface area (TPSA) is 147 Å². The molecule has 0 unspecified atom stereocenters. The van der Waals surface area contributed by atoms with E-state index in [0.717, 1.165) is 12.1 Å².